The van der Waals surface area contributed by atoms with Crippen LogP contribution in [0.1, 0.15) is 33.6 Å². The maximum absolute atomic E-state index is 11.7. The standard InChI is InChI=1S/C12H26N2O2S/c1-9(2)5-11(7-13)6-12(15)14-8-10(3)17(4)16/h9-11H,5-8,13H2,1-4H3,(H,14,15). The van der Waals surface area contributed by atoms with Gasteiger partial charge >= 0.3 is 0 Å². The summed E-state index contributed by atoms with van der Waals surface area (Å²) in [5.41, 5.74) is 5.64. The van der Waals surface area contributed by atoms with Crippen molar-refractivity contribution in [2.45, 2.75) is 38.9 Å². The third-order valence-electron chi connectivity index (χ3n) is 2.77. The molecule has 0 aliphatic rings. The van der Waals surface area contributed by atoms with E-state index in [1.54, 1.807) is 6.26 Å². The van der Waals surface area contributed by atoms with Gasteiger partial charge in [-0.05, 0) is 31.7 Å². The zero-order valence-electron chi connectivity index (χ0n) is 11.4. The van der Waals surface area contributed by atoms with Gasteiger partial charge in [-0.25, -0.2) is 0 Å². The molecule has 5 heteroatoms. The van der Waals surface area contributed by atoms with Crippen LogP contribution in [0.15, 0.2) is 0 Å². The summed E-state index contributed by atoms with van der Waals surface area (Å²) < 4.78 is 11.1. The normalized spacial score (nSPS) is 16.6. The molecule has 0 fully saturated rings. The van der Waals surface area contributed by atoms with E-state index < -0.39 is 10.8 Å². The number of nitrogens with two attached hydrogens (primary N) is 1. The zero-order valence-corrected chi connectivity index (χ0v) is 12.2. The summed E-state index contributed by atoms with van der Waals surface area (Å²) in [5.74, 6) is 0.814. The van der Waals surface area contributed by atoms with Crippen LogP contribution in [0.25, 0.3) is 0 Å². The van der Waals surface area contributed by atoms with Crippen molar-refractivity contribution in [3.63, 3.8) is 0 Å². The topological polar surface area (TPSA) is 72.2 Å². The molecule has 0 aromatic carbocycles. The molecule has 0 aliphatic heterocycles. The van der Waals surface area contributed by atoms with E-state index >= 15 is 0 Å². The van der Waals surface area contributed by atoms with Gasteiger partial charge in [-0.2, -0.15) is 0 Å². The van der Waals surface area contributed by atoms with Crippen molar-refractivity contribution in [3.05, 3.63) is 0 Å². The average Bonchev–Trinajstić information content (AvgIpc) is 2.23. The molecule has 3 unspecified atom stereocenters. The fourth-order valence-corrected chi connectivity index (χ4v) is 1.96. The van der Waals surface area contributed by atoms with E-state index in [9.17, 15) is 9.00 Å². The molecule has 0 saturated carbocycles. The summed E-state index contributed by atoms with van der Waals surface area (Å²) in [7, 11) is -0.890. The van der Waals surface area contributed by atoms with Crippen molar-refractivity contribution in [1.82, 2.24) is 5.32 Å². The van der Waals surface area contributed by atoms with Gasteiger partial charge in [-0.1, -0.05) is 13.8 Å². The van der Waals surface area contributed by atoms with Gasteiger partial charge < -0.3 is 11.1 Å². The lowest BCUT2D eigenvalue weighted by Crippen LogP contribution is -2.34. The number of nitrogens with one attached hydrogen (secondary N) is 1. The molecule has 0 radical (unpaired) electrons. The highest BCUT2D eigenvalue weighted by atomic mass is 32.2. The van der Waals surface area contributed by atoms with Crippen LogP contribution in [0.5, 0.6) is 0 Å². The van der Waals surface area contributed by atoms with Crippen LogP contribution in [-0.4, -0.2) is 34.7 Å². The molecule has 102 valence electrons. The van der Waals surface area contributed by atoms with E-state index in [-0.39, 0.29) is 17.1 Å². The SMILES string of the molecule is CC(C)CC(CN)CC(=O)NCC(C)S(C)=O. The monoisotopic (exact) mass is 262 g/mol. The van der Waals surface area contributed by atoms with Crippen LogP contribution in [0.3, 0.4) is 0 Å². The third-order valence-corrected chi connectivity index (χ3v) is 4.07. The molecule has 17 heavy (non-hydrogen) atoms. The van der Waals surface area contributed by atoms with Crippen LogP contribution < -0.4 is 11.1 Å². The van der Waals surface area contributed by atoms with Crippen LogP contribution >= 0.6 is 0 Å². The second-order valence-corrected chi connectivity index (χ2v) is 6.85. The van der Waals surface area contributed by atoms with Crippen molar-refractivity contribution in [2.24, 2.45) is 17.6 Å². The van der Waals surface area contributed by atoms with Crippen molar-refractivity contribution in [1.29, 1.82) is 0 Å². The highest BCUT2D eigenvalue weighted by Gasteiger charge is 2.15. The first-order chi connectivity index (χ1) is 7.86. The predicted molar refractivity (Wildman–Crippen MR) is 73.2 cm³/mol. The van der Waals surface area contributed by atoms with Crippen molar-refractivity contribution >= 4 is 16.7 Å². The van der Waals surface area contributed by atoms with Gasteiger partial charge in [0.1, 0.15) is 0 Å². The highest BCUT2D eigenvalue weighted by Crippen LogP contribution is 2.13. The Hall–Kier alpha value is -0.420. The Kier molecular flexibility index (Phi) is 8.43. The second kappa shape index (κ2) is 8.64. The summed E-state index contributed by atoms with van der Waals surface area (Å²) in [5, 5.41) is 2.81. The minimum Gasteiger partial charge on any atom is -0.355 e. The molecule has 0 rings (SSSR count). The van der Waals surface area contributed by atoms with E-state index in [2.05, 4.69) is 19.2 Å². The van der Waals surface area contributed by atoms with Gasteiger partial charge in [0.2, 0.25) is 5.91 Å². The quantitative estimate of drug-likeness (QED) is 0.682. The lowest BCUT2D eigenvalue weighted by atomic mass is 9.94. The van der Waals surface area contributed by atoms with Gasteiger partial charge in [0.15, 0.2) is 0 Å². The summed E-state index contributed by atoms with van der Waals surface area (Å²) in [6.45, 7) is 7.14. The van der Waals surface area contributed by atoms with Crippen molar-refractivity contribution in [2.75, 3.05) is 19.3 Å². The first kappa shape index (κ1) is 16.6. The molecule has 1 amide bonds. The molecular formula is C12H26N2O2S. The number of amides is 1. The van der Waals surface area contributed by atoms with Gasteiger partial charge in [-0.15, -0.1) is 0 Å². The lowest BCUT2D eigenvalue weighted by Gasteiger charge is -2.17. The van der Waals surface area contributed by atoms with Crippen LogP contribution in [0.4, 0.5) is 0 Å². The van der Waals surface area contributed by atoms with Crippen LogP contribution in [0, 0.1) is 11.8 Å². The molecule has 0 saturated heterocycles. The summed E-state index contributed by atoms with van der Waals surface area (Å²) in [6, 6.07) is 0. The molecule has 0 spiro atoms. The number of hydrogen-bond donors (Lipinski definition) is 2. The number of rotatable bonds is 8. The van der Waals surface area contributed by atoms with E-state index in [4.69, 9.17) is 5.73 Å². The smallest absolute Gasteiger partial charge is 0.220 e. The molecule has 0 aliphatic carbocycles. The maximum atomic E-state index is 11.7. The predicted octanol–water partition coefficient (Wildman–Crippen LogP) is 0.881. The molecule has 0 heterocycles. The van der Waals surface area contributed by atoms with Crippen molar-refractivity contribution < 1.29 is 9.00 Å². The first-order valence-electron chi connectivity index (χ1n) is 6.15. The fraction of sp³-hybridized carbons (Fsp3) is 0.917. The van der Waals surface area contributed by atoms with Crippen LogP contribution in [-0.2, 0) is 15.6 Å². The largest absolute Gasteiger partial charge is 0.355 e. The first-order valence-corrected chi connectivity index (χ1v) is 7.77. The highest BCUT2D eigenvalue weighted by molar-refractivity contribution is 7.84. The lowest BCUT2D eigenvalue weighted by molar-refractivity contribution is -0.122. The molecular weight excluding hydrogens is 236 g/mol. The maximum Gasteiger partial charge on any atom is 0.220 e. The minimum absolute atomic E-state index is 0.000347. The molecule has 4 nitrogen and oxygen atoms in total. The van der Waals surface area contributed by atoms with E-state index in [1.165, 1.54) is 0 Å². The zero-order chi connectivity index (χ0) is 13.4. The molecule has 0 aromatic heterocycles. The molecule has 0 aromatic rings. The van der Waals surface area contributed by atoms with Gasteiger partial charge in [0.25, 0.3) is 0 Å². The van der Waals surface area contributed by atoms with E-state index in [1.807, 2.05) is 6.92 Å². The number of hydrogen-bond acceptors (Lipinski definition) is 3. The number of carbonyl (C=O) groups is 1. The Balaban J connectivity index is 3.94. The Morgan fingerprint density at radius 3 is 2.35 bits per heavy atom. The van der Waals surface area contributed by atoms with E-state index in [0.717, 1.165) is 6.42 Å². The van der Waals surface area contributed by atoms with E-state index in [0.29, 0.717) is 25.4 Å². The Morgan fingerprint density at radius 1 is 1.35 bits per heavy atom. The Morgan fingerprint density at radius 2 is 1.94 bits per heavy atom. The third kappa shape index (κ3) is 8.32. The Bertz CT molecular complexity index is 257. The fourth-order valence-electron chi connectivity index (χ4n) is 1.64. The number of carbonyl (C=O) groups excluding carboxylic acids is 1. The van der Waals surface area contributed by atoms with Gasteiger partial charge in [0.05, 0.1) is 0 Å². The van der Waals surface area contributed by atoms with Crippen LogP contribution in [0.2, 0.25) is 0 Å². The summed E-state index contributed by atoms with van der Waals surface area (Å²) in [4.78, 5) is 11.7. The molecule has 3 atom stereocenters. The summed E-state index contributed by atoms with van der Waals surface area (Å²) >= 11 is 0. The van der Waals surface area contributed by atoms with Gasteiger partial charge in [0, 0.05) is 35.3 Å². The van der Waals surface area contributed by atoms with Gasteiger partial charge in [-0.3, -0.25) is 9.00 Å². The summed E-state index contributed by atoms with van der Waals surface area (Å²) in [6.07, 6.45) is 3.09. The van der Waals surface area contributed by atoms with Crippen molar-refractivity contribution in [3.8, 4) is 0 Å². The molecule has 0 bridgehead atoms. The second-order valence-electron chi connectivity index (χ2n) is 5.05. The minimum atomic E-state index is -0.890. The average molecular weight is 262 g/mol. The Labute approximate surface area is 107 Å². The molecule has 3 N–H and O–H groups in total.